The van der Waals surface area contributed by atoms with Crippen molar-refractivity contribution in [2.24, 2.45) is 5.92 Å². The molecule has 8 heteroatoms. The smallest absolute Gasteiger partial charge is 0.306 e. The molecule has 1 aliphatic rings. The molecule has 1 atom stereocenters. The molecule has 0 saturated carbocycles. The molecule has 0 bridgehead atoms. The molecule has 0 aliphatic carbocycles. The van der Waals surface area contributed by atoms with Crippen molar-refractivity contribution >= 4 is 11.6 Å². The van der Waals surface area contributed by atoms with Crippen LogP contribution in [0.3, 0.4) is 0 Å². The summed E-state index contributed by atoms with van der Waals surface area (Å²) < 4.78 is 1.47. The molecular weight excluding hydrogens is 346 g/mol. The molecular formula is C19H25N5O3. The maximum atomic E-state index is 12.7. The van der Waals surface area contributed by atoms with Gasteiger partial charge in [0.25, 0.3) is 0 Å². The highest BCUT2D eigenvalue weighted by atomic mass is 16.6. The van der Waals surface area contributed by atoms with Gasteiger partial charge in [-0.3, -0.25) is 24.5 Å². The van der Waals surface area contributed by atoms with Gasteiger partial charge in [-0.05, 0) is 12.5 Å². The van der Waals surface area contributed by atoms with Crippen LogP contribution in [-0.4, -0.2) is 56.6 Å². The predicted octanol–water partition coefficient (Wildman–Crippen LogP) is 2.08. The number of rotatable bonds is 6. The summed E-state index contributed by atoms with van der Waals surface area (Å²) in [6.45, 7) is 8.28. The van der Waals surface area contributed by atoms with Crippen LogP contribution in [0.1, 0.15) is 18.1 Å². The highest BCUT2D eigenvalue weighted by Crippen LogP contribution is 2.14. The molecule has 144 valence electrons. The van der Waals surface area contributed by atoms with Crippen LogP contribution >= 0.6 is 0 Å². The summed E-state index contributed by atoms with van der Waals surface area (Å²) in [4.78, 5) is 27.2. The number of nitrogens with zero attached hydrogens (tertiary/aromatic N) is 5. The average Bonchev–Trinajstić information content (AvgIpc) is 3.10. The second-order valence-electron chi connectivity index (χ2n) is 7.17. The number of hydrogen-bond acceptors (Lipinski definition) is 5. The first-order valence-corrected chi connectivity index (χ1v) is 9.16. The van der Waals surface area contributed by atoms with Gasteiger partial charge in [0.1, 0.15) is 12.4 Å². The van der Waals surface area contributed by atoms with Gasteiger partial charge in [-0.15, -0.1) is 0 Å². The normalized spacial score (nSPS) is 16.3. The number of carbonyl (C=O) groups is 1. The third kappa shape index (κ3) is 4.91. The van der Waals surface area contributed by atoms with Gasteiger partial charge in [0.15, 0.2) is 0 Å². The second kappa shape index (κ2) is 8.30. The summed E-state index contributed by atoms with van der Waals surface area (Å²) >= 11 is 0. The lowest BCUT2D eigenvalue weighted by Crippen LogP contribution is -2.50. The fourth-order valence-corrected chi connectivity index (χ4v) is 3.41. The molecule has 3 rings (SSSR count). The number of amides is 1. The molecule has 0 spiro atoms. The van der Waals surface area contributed by atoms with Gasteiger partial charge in [0.2, 0.25) is 5.91 Å². The molecule has 8 nitrogen and oxygen atoms in total. The summed E-state index contributed by atoms with van der Waals surface area (Å²) in [5.41, 5.74) is 2.50. The topological polar surface area (TPSA) is 84.5 Å². The summed E-state index contributed by atoms with van der Waals surface area (Å²) in [5, 5.41) is 14.7. The SMILES string of the molecule is Cc1cccc(CN2CCN(C(=O)C(C)Cn3cc([N+](=O)[O-])cn3)CC2)c1. The van der Waals surface area contributed by atoms with Crippen molar-refractivity contribution in [1.29, 1.82) is 0 Å². The number of carbonyl (C=O) groups excluding carboxylic acids is 1. The van der Waals surface area contributed by atoms with Crippen LogP contribution in [0.25, 0.3) is 0 Å². The lowest BCUT2D eigenvalue weighted by Gasteiger charge is -2.36. The minimum atomic E-state index is -0.483. The number of aryl methyl sites for hydroxylation is 1. The summed E-state index contributed by atoms with van der Waals surface area (Å²) in [6, 6.07) is 8.50. The monoisotopic (exact) mass is 371 g/mol. The van der Waals surface area contributed by atoms with Crippen molar-refractivity contribution in [2.75, 3.05) is 26.2 Å². The second-order valence-corrected chi connectivity index (χ2v) is 7.17. The Morgan fingerprint density at radius 1 is 1.30 bits per heavy atom. The number of benzene rings is 1. The van der Waals surface area contributed by atoms with Crippen LogP contribution < -0.4 is 0 Å². The number of nitro groups is 1. The van der Waals surface area contributed by atoms with Crippen LogP contribution in [0.4, 0.5) is 5.69 Å². The lowest BCUT2D eigenvalue weighted by atomic mass is 10.1. The molecule has 2 heterocycles. The molecule has 1 amide bonds. The lowest BCUT2D eigenvalue weighted by molar-refractivity contribution is -0.385. The number of piperazine rings is 1. The van der Waals surface area contributed by atoms with Crippen molar-refractivity contribution in [2.45, 2.75) is 26.9 Å². The highest BCUT2D eigenvalue weighted by molar-refractivity contribution is 5.78. The quantitative estimate of drug-likeness (QED) is 0.573. The molecule has 1 aromatic heterocycles. The fraction of sp³-hybridized carbons (Fsp3) is 0.474. The molecule has 1 aromatic carbocycles. The van der Waals surface area contributed by atoms with Gasteiger partial charge in [-0.1, -0.05) is 36.8 Å². The van der Waals surface area contributed by atoms with E-state index in [1.165, 1.54) is 28.2 Å². The Bertz CT molecular complexity index is 811. The Morgan fingerprint density at radius 2 is 2.04 bits per heavy atom. The Kier molecular flexibility index (Phi) is 5.85. The van der Waals surface area contributed by atoms with E-state index >= 15 is 0 Å². The van der Waals surface area contributed by atoms with E-state index in [9.17, 15) is 14.9 Å². The van der Waals surface area contributed by atoms with Gasteiger partial charge < -0.3 is 4.90 Å². The van der Waals surface area contributed by atoms with Gasteiger partial charge in [0, 0.05) is 32.7 Å². The zero-order chi connectivity index (χ0) is 19.4. The largest absolute Gasteiger partial charge is 0.340 e. The third-order valence-electron chi connectivity index (χ3n) is 4.89. The van der Waals surface area contributed by atoms with E-state index in [-0.39, 0.29) is 17.5 Å². The van der Waals surface area contributed by atoms with E-state index in [1.807, 2.05) is 11.8 Å². The minimum absolute atomic E-state index is 0.0561. The van der Waals surface area contributed by atoms with Crippen molar-refractivity contribution in [3.63, 3.8) is 0 Å². The van der Waals surface area contributed by atoms with Gasteiger partial charge >= 0.3 is 5.69 Å². The van der Waals surface area contributed by atoms with Crippen molar-refractivity contribution in [1.82, 2.24) is 19.6 Å². The molecule has 1 aliphatic heterocycles. The van der Waals surface area contributed by atoms with Crippen molar-refractivity contribution in [3.8, 4) is 0 Å². The summed E-state index contributed by atoms with van der Waals surface area (Å²) in [6.07, 6.45) is 2.57. The Morgan fingerprint density at radius 3 is 2.67 bits per heavy atom. The van der Waals surface area contributed by atoms with Gasteiger partial charge in [-0.2, -0.15) is 5.10 Å². The zero-order valence-electron chi connectivity index (χ0n) is 15.7. The van der Waals surface area contributed by atoms with E-state index in [1.54, 1.807) is 0 Å². The van der Waals surface area contributed by atoms with E-state index in [4.69, 9.17) is 0 Å². The first-order valence-electron chi connectivity index (χ1n) is 9.16. The standard InChI is InChI=1S/C19H25N5O3/c1-15-4-3-5-17(10-15)13-21-6-8-22(9-7-21)19(25)16(2)12-23-14-18(11-20-23)24(26)27/h3-5,10-11,14,16H,6-9,12-13H2,1-2H3. The van der Waals surface area contributed by atoms with Crippen LogP contribution in [0, 0.1) is 23.0 Å². The van der Waals surface area contributed by atoms with Crippen molar-refractivity contribution in [3.05, 3.63) is 57.9 Å². The molecule has 1 fully saturated rings. The average molecular weight is 371 g/mol. The number of hydrogen-bond donors (Lipinski definition) is 0. The molecule has 1 unspecified atom stereocenters. The third-order valence-corrected chi connectivity index (χ3v) is 4.89. The molecule has 0 radical (unpaired) electrons. The predicted molar refractivity (Wildman–Crippen MR) is 101 cm³/mol. The van der Waals surface area contributed by atoms with E-state index in [0.717, 1.165) is 19.6 Å². The zero-order valence-corrected chi connectivity index (χ0v) is 15.7. The minimum Gasteiger partial charge on any atom is -0.340 e. The van der Waals surface area contributed by atoms with E-state index in [0.29, 0.717) is 19.6 Å². The van der Waals surface area contributed by atoms with Crippen LogP contribution in [0.5, 0.6) is 0 Å². The maximum absolute atomic E-state index is 12.7. The molecule has 0 N–H and O–H groups in total. The van der Waals surface area contributed by atoms with E-state index in [2.05, 4.69) is 41.2 Å². The Balaban J connectivity index is 1.49. The first-order chi connectivity index (χ1) is 12.9. The first kappa shape index (κ1) is 19.0. The molecule has 2 aromatic rings. The van der Waals surface area contributed by atoms with Crippen molar-refractivity contribution < 1.29 is 9.72 Å². The Labute approximate surface area is 158 Å². The van der Waals surface area contributed by atoms with Gasteiger partial charge in [0.05, 0.1) is 17.4 Å². The summed E-state index contributed by atoms with van der Waals surface area (Å²) in [5.74, 6) is -0.198. The highest BCUT2D eigenvalue weighted by Gasteiger charge is 2.25. The van der Waals surface area contributed by atoms with Gasteiger partial charge in [-0.25, -0.2) is 0 Å². The molecule has 1 saturated heterocycles. The maximum Gasteiger partial charge on any atom is 0.306 e. The van der Waals surface area contributed by atoms with Crippen LogP contribution in [-0.2, 0) is 17.9 Å². The van der Waals surface area contributed by atoms with Crippen LogP contribution in [0.15, 0.2) is 36.7 Å². The Hall–Kier alpha value is -2.74. The number of aromatic nitrogens is 2. The summed E-state index contributed by atoms with van der Waals surface area (Å²) in [7, 11) is 0. The van der Waals surface area contributed by atoms with E-state index < -0.39 is 4.92 Å². The fourth-order valence-electron chi connectivity index (χ4n) is 3.41. The molecule has 27 heavy (non-hydrogen) atoms. The van der Waals surface area contributed by atoms with Crippen LogP contribution in [0.2, 0.25) is 0 Å².